The fourth-order valence-corrected chi connectivity index (χ4v) is 1.83. The largest absolute Gasteiger partial charge is 0.386 e. The molecule has 0 aromatic carbocycles. The van der Waals surface area contributed by atoms with Gasteiger partial charge in [0.2, 0.25) is 0 Å². The van der Waals surface area contributed by atoms with E-state index in [0.717, 1.165) is 17.9 Å². The van der Waals surface area contributed by atoms with E-state index in [1.165, 1.54) is 6.33 Å². The number of rotatable bonds is 4. The monoisotopic (exact) mass is 232 g/mol. The van der Waals surface area contributed by atoms with Gasteiger partial charge in [-0.2, -0.15) is 5.10 Å². The van der Waals surface area contributed by atoms with Crippen molar-refractivity contribution in [2.75, 3.05) is 0 Å². The fraction of sp³-hybridized carbons (Fsp3) is 0.417. The minimum atomic E-state index is -0.634. The van der Waals surface area contributed by atoms with Crippen molar-refractivity contribution < 1.29 is 5.11 Å². The zero-order valence-electron chi connectivity index (χ0n) is 10.0. The summed E-state index contributed by atoms with van der Waals surface area (Å²) in [6.07, 6.45) is 3.00. The molecule has 5 nitrogen and oxygen atoms in total. The van der Waals surface area contributed by atoms with Crippen LogP contribution in [0.2, 0.25) is 0 Å². The third-order valence-electron chi connectivity index (χ3n) is 2.74. The Morgan fingerprint density at radius 2 is 2.24 bits per heavy atom. The van der Waals surface area contributed by atoms with Gasteiger partial charge in [0.1, 0.15) is 18.3 Å². The van der Waals surface area contributed by atoms with Crippen molar-refractivity contribution in [2.24, 2.45) is 0 Å². The van der Waals surface area contributed by atoms with Crippen LogP contribution in [-0.2, 0) is 13.0 Å². The number of aromatic nitrogens is 4. The van der Waals surface area contributed by atoms with Crippen LogP contribution < -0.4 is 0 Å². The minimum absolute atomic E-state index is 0.436. The van der Waals surface area contributed by atoms with E-state index in [1.807, 2.05) is 26.0 Å². The molecule has 1 N–H and O–H groups in total. The zero-order valence-corrected chi connectivity index (χ0v) is 10.0. The second-order valence-electron chi connectivity index (χ2n) is 3.92. The predicted molar refractivity (Wildman–Crippen MR) is 63.3 cm³/mol. The standard InChI is InChI=1S/C12H16N4O/c1-3-16-11(14-8-15-16)7-10(17)12-9(2)5-4-6-13-12/h4-6,8,10,17H,3,7H2,1-2H3. The number of hydrogen-bond donors (Lipinski definition) is 1. The van der Waals surface area contributed by atoms with E-state index in [-0.39, 0.29) is 0 Å². The molecule has 0 aliphatic rings. The molecule has 0 saturated carbocycles. The lowest BCUT2D eigenvalue weighted by Gasteiger charge is -2.12. The Hall–Kier alpha value is -1.75. The quantitative estimate of drug-likeness (QED) is 0.862. The second kappa shape index (κ2) is 5.05. The van der Waals surface area contributed by atoms with Crippen molar-refractivity contribution in [3.8, 4) is 0 Å². The summed E-state index contributed by atoms with van der Waals surface area (Å²) < 4.78 is 1.78. The van der Waals surface area contributed by atoms with Gasteiger partial charge >= 0.3 is 0 Å². The summed E-state index contributed by atoms with van der Waals surface area (Å²) in [5.41, 5.74) is 1.70. The Morgan fingerprint density at radius 3 is 2.94 bits per heavy atom. The third kappa shape index (κ3) is 2.50. The van der Waals surface area contributed by atoms with Crippen LogP contribution in [0.4, 0.5) is 0 Å². The molecule has 0 saturated heterocycles. The zero-order chi connectivity index (χ0) is 12.3. The summed E-state index contributed by atoms with van der Waals surface area (Å²) in [6.45, 7) is 4.69. The SMILES string of the molecule is CCn1ncnc1CC(O)c1ncccc1C. The molecule has 2 aromatic heterocycles. The van der Waals surface area contributed by atoms with Gasteiger partial charge in [0.05, 0.1) is 5.69 Å². The first-order chi connectivity index (χ1) is 8.22. The van der Waals surface area contributed by atoms with Crippen molar-refractivity contribution in [2.45, 2.75) is 32.9 Å². The molecule has 1 atom stereocenters. The van der Waals surface area contributed by atoms with Crippen LogP contribution in [-0.4, -0.2) is 24.9 Å². The molecule has 2 rings (SSSR count). The first-order valence-corrected chi connectivity index (χ1v) is 5.68. The normalized spacial score (nSPS) is 12.6. The van der Waals surface area contributed by atoms with E-state index in [0.29, 0.717) is 12.1 Å². The van der Waals surface area contributed by atoms with Crippen LogP contribution in [0.15, 0.2) is 24.7 Å². The molecule has 1 unspecified atom stereocenters. The summed E-state index contributed by atoms with van der Waals surface area (Å²) in [5.74, 6) is 0.782. The average Bonchev–Trinajstić information content (AvgIpc) is 2.76. The van der Waals surface area contributed by atoms with Gasteiger partial charge in [0.25, 0.3) is 0 Å². The maximum absolute atomic E-state index is 10.1. The molecule has 0 fully saturated rings. The van der Waals surface area contributed by atoms with Gasteiger partial charge in [-0.25, -0.2) is 4.98 Å². The molecular weight excluding hydrogens is 216 g/mol. The van der Waals surface area contributed by atoms with Crippen molar-refractivity contribution in [3.63, 3.8) is 0 Å². The maximum Gasteiger partial charge on any atom is 0.138 e. The van der Waals surface area contributed by atoms with Gasteiger partial charge in [-0.1, -0.05) is 6.07 Å². The third-order valence-corrected chi connectivity index (χ3v) is 2.74. The lowest BCUT2D eigenvalue weighted by molar-refractivity contribution is 0.168. The summed E-state index contributed by atoms with van der Waals surface area (Å²) >= 11 is 0. The molecule has 2 aromatic rings. The number of nitrogens with zero attached hydrogens (tertiary/aromatic N) is 4. The average molecular weight is 232 g/mol. The first-order valence-electron chi connectivity index (χ1n) is 5.68. The van der Waals surface area contributed by atoms with E-state index < -0.39 is 6.10 Å². The molecule has 0 aliphatic heterocycles. The summed E-state index contributed by atoms with van der Waals surface area (Å²) in [5, 5.41) is 14.2. The van der Waals surface area contributed by atoms with Crippen LogP contribution in [0.5, 0.6) is 0 Å². The van der Waals surface area contributed by atoms with Crippen LogP contribution in [0.1, 0.15) is 30.1 Å². The molecule has 0 spiro atoms. The molecule has 0 amide bonds. The summed E-state index contributed by atoms with van der Waals surface area (Å²) in [6, 6.07) is 3.80. The highest BCUT2D eigenvalue weighted by Gasteiger charge is 2.15. The van der Waals surface area contributed by atoms with Gasteiger partial charge in [0.15, 0.2) is 0 Å². The smallest absolute Gasteiger partial charge is 0.138 e. The van der Waals surface area contributed by atoms with Crippen LogP contribution in [0.3, 0.4) is 0 Å². The summed E-state index contributed by atoms with van der Waals surface area (Å²) in [7, 11) is 0. The lowest BCUT2D eigenvalue weighted by atomic mass is 10.1. The highest BCUT2D eigenvalue weighted by molar-refractivity contribution is 5.20. The molecule has 2 heterocycles. The van der Waals surface area contributed by atoms with Gasteiger partial charge in [-0.05, 0) is 25.5 Å². The van der Waals surface area contributed by atoms with E-state index in [9.17, 15) is 5.11 Å². The topological polar surface area (TPSA) is 63.8 Å². The number of aliphatic hydroxyl groups is 1. The van der Waals surface area contributed by atoms with Crippen molar-refractivity contribution in [1.82, 2.24) is 19.7 Å². The Kier molecular flexibility index (Phi) is 3.49. The van der Waals surface area contributed by atoms with Crippen molar-refractivity contribution in [3.05, 3.63) is 41.7 Å². The Labute approximate surface area is 100 Å². The molecule has 90 valence electrons. The minimum Gasteiger partial charge on any atom is -0.386 e. The maximum atomic E-state index is 10.1. The molecule has 17 heavy (non-hydrogen) atoms. The Morgan fingerprint density at radius 1 is 1.41 bits per heavy atom. The van der Waals surface area contributed by atoms with Crippen LogP contribution >= 0.6 is 0 Å². The molecule has 0 radical (unpaired) electrons. The lowest BCUT2D eigenvalue weighted by Crippen LogP contribution is -2.11. The number of aliphatic hydroxyl groups excluding tert-OH is 1. The van der Waals surface area contributed by atoms with E-state index in [1.54, 1.807) is 10.9 Å². The number of pyridine rings is 1. The van der Waals surface area contributed by atoms with Crippen molar-refractivity contribution >= 4 is 0 Å². The summed E-state index contributed by atoms with van der Waals surface area (Å²) in [4.78, 5) is 8.35. The molecular formula is C12H16N4O. The van der Waals surface area contributed by atoms with E-state index in [2.05, 4.69) is 15.1 Å². The second-order valence-corrected chi connectivity index (χ2v) is 3.92. The van der Waals surface area contributed by atoms with Gasteiger partial charge < -0.3 is 5.11 Å². The van der Waals surface area contributed by atoms with Gasteiger partial charge in [-0.15, -0.1) is 0 Å². The van der Waals surface area contributed by atoms with Crippen LogP contribution in [0, 0.1) is 6.92 Å². The van der Waals surface area contributed by atoms with E-state index in [4.69, 9.17) is 0 Å². The number of aryl methyl sites for hydroxylation is 2. The van der Waals surface area contributed by atoms with Gasteiger partial charge in [0, 0.05) is 19.2 Å². The Bertz CT molecular complexity index is 495. The highest BCUT2D eigenvalue weighted by Crippen LogP contribution is 2.18. The van der Waals surface area contributed by atoms with Crippen molar-refractivity contribution in [1.29, 1.82) is 0 Å². The van der Waals surface area contributed by atoms with Crippen LogP contribution in [0.25, 0.3) is 0 Å². The predicted octanol–water partition coefficient (Wildman–Crippen LogP) is 1.28. The molecule has 0 aliphatic carbocycles. The van der Waals surface area contributed by atoms with Gasteiger partial charge in [-0.3, -0.25) is 9.67 Å². The molecule has 5 heteroatoms. The first kappa shape index (κ1) is 11.7. The molecule has 0 bridgehead atoms. The van der Waals surface area contributed by atoms with E-state index >= 15 is 0 Å². The Balaban J connectivity index is 2.17. The number of hydrogen-bond acceptors (Lipinski definition) is 4. The fourth-order valence-electron chi connectivity index (χ4n) is 1.83. The highest BCUT2D eigenvalue weighted by atomic mass is 16.3.